The summed E-state index contributed by atoms with van der Waals surface area (Å²) in [5.41, 5.74) is 1.31. The van der Waals surface area contributed by atoms with Gasteiger partial charge in [0.25, 0.3) is 0 Å². The fraction of sp³-hybridized carbons (Fsp3) is 0.158. The summed E-state index contributed by atoms with van der Waals surface area (Å²) in [4.78, 5) is 20.1. The van der Waals surface area contributed by atoms with Crippen LogP contribution in [0.5, 0.6) is 11.5 Å². The summed E-state index contributed by atoms with van der Waals surface area (Å²) < 4.78 is 39.2. The first-order valence-electron chi connectivity index (χ1n) is 8.37. The molecule has 2 heterocycles. The van der Waals surface area contributed by atoms with Gasteiger partial charge in [-0.15, -0.1) is 0 Å². The summed E-state index contributed by atoms with van der Waals surface area (Å²) >= 11 is 0. The molecule has 0 unspecified atom stereocenters. The Labute approximate surface area is 164 Å². The van der Waals surface area contributed by atoms with E-state index < -0.39 is 12.5 Å². The van der Waals surface area contributed by atoms with E-state index in [-0.39, 0.29) is 23.9 Å². The zero-order chi connectivity index (χ0) is 20.6. The molecule has 0 saturated heterocycles. The molecule has 0 aliphatic rings. The number of halogens is 2. The number of rotatable bonds is 8. The molecule has 0 aliphatic carbocycles. The lowest BCUT2D eigenvalue weighted by Crippen LogP contribution is -2.20. The molecule has 8 nitrogen and oxygen atoms in total. The van der Waals surface area contributed by atoms with Crippen molar-refractivity contribution in [3.8, 4) is 22.9 Å². The predicted molar refractivity (Wildman–Crippen MR) is 98.0 cm³/mol. The van der Waals surface area contributed by atoms with Crippen LogP contribution in [0.4, 0.5) is 8.78 Å². The smallest absolute Gasteiger partial charge is 0.387 e. The molecular formula is C19H16F2N4O4. The molecule has 0 saturated carbocycles. The number of hydrogen-bond donors (Lipinski definition) is 1. The quantitative estimate of drug-likeness (QED) is 0.578. The van der Waals surface area contributed by atoms with Crippen LogP contribution < -0.4 is 14.8 Å². The summed E-state index contributed by atoms with van der Waals surface area (Å²) in [6.07, 6.45) is 6.00. The van der Waals surface area contributed by atoms with Crippen LogP contribution in [0.1, 0.15) is 11.5 Å². The highest BCUT2D eigenvalue weighted by Gasteiger charge is 2.11. The number of aromatic nitrogens is 3. The monoisotopic (exact) mass is 402 g/mol. The highest BCUT2D eigenvalue weighted by Crippen LogP contribution is 2.29. The third-order valence-corrected chi connectivity index (χ3v) is 3.65. The van der Waals surface area contributed by atoms with Crippen molar-refractivity contribution in [2.75, 3.05) is 7.11 Å². The van der Waals surface area contributed by atoms with Gasteiger partial charge in [0, 0.05) is 24.0 Å². The first-order chi connectivity index (χ1) is 14.0. The Hall–Kier alpha value is -3.82. The van der Waals surface area contributed by atoms with Crippen LogP contribution >= 0.6 is 0 Å². The van der Waals surface area contributed by atoms with E-state index in [0.29, 0.717) is 11.4 Å². The van der Waals surface area contributed by atoms with Gasteiger partial charge in [-0.2, -0.15) is 13.8 Å². The fourth-order valence-corrected chi connectivity index (χ4v) is 2.32. The molecule has 10 heteroatoms. The third kappa shape index (κ3) is 5.58. The number of amides is 1. The van der Waals surface area contributed by atoms with Gasteiger partial charge in [0.1, 0.15) is 0 Å². The van der Waals surface area contributed by atoms with Crippen LogP contribution in [0.2, 0.25) is 0 Å². The minimum Gasteiger partial charge on any atom is -0.493 e. The van der Waals surface area contributed by atoms with Gasteiger partial charge in [-0.25, -0.2) is 0 Å². The van der Waals surface area contributed by atoms with E-state index in [2.05, 4.69) is 25.2 Å². The Kier molecular flexibility index (Phi) is 6.46. The van der Waals surface area contributed by atoms with Crippen molar-refractivity contribution in [2.24, 2.45) is 0 Å². The first kappa shape index (κ1) is 19.9. The predicted octanol–water partition coefficient (Wildman–Crippen LogP) is 3.07. The summed E-state index contributed by atoms with van der Waals surface area (Å²) in [5.74, 6) is 0.271. The van der Waals surface area contributed by atoms with E-state index in [1.807, 2.05) is 0 Å². The van der Waals surface area contributed by atoms with Crippen molar-refractivity contribution < 1.29 is 27.6 Å². The maximum Gasteiger partial charge on any atom is 0.387 e. The van der Waals surface area contributed by atoms with Crippen LogP contribution in [0.15, 0.2) is 53.3 Å². The molecule has 0 spiro atoms. The third-order valence-electron chi connectivity index (χ3n) is 3.65. The molecule has 150 valence electrons. The zero-order valence-electron chi connectivity index (χ0n) is 15.2. The number of carbonyl (C=O) groups excluding carboxylic acids is 1. The molecule has 0 bridgehead atoms. The number of nitrogens with one attached hydrogen (secondary N) is 1. The highest BCUT2D eigenvalue weighted by molar-refractivity contribution is 5.91. The van der Waals surface area contributed by atoms with Crippen LogP contribution in [-0.2, 0) is 11.3 Å². The van der Waals surface area contributed by atoms with Crippen LogP contribution in [0, 0.1) is 0 Å². The lowest BCUT2D eigenvalue weighted by atomic mass is 10.2. The zero-order valence-corrected chi connectivity index (χ0v) is 15.2. The Morgan fingerprint density at radius 3 is 2.76 bits per heavy atom. The van der Waals surface area contributed by atoms with Gasteiger partial charge in [0.05, 0.1) is 13.7 Å². The minimum absolute atomic E-state index is 0.0474. The Morgan fingerprint density at radius 1 is 1.24 bits per heavy atom. The summed E-state index contributed by atoms with van der Waals surface area (Å²) in [7, 11) is 1.33. The second-order valence-corrected chi connectivity index (χ2v) is 5.59. The van der Waals surface area contributed by atoms with E-state index >= 15 is 0 Å². The molecule has 0 atom stereocenters. The van der Waals surface area contributed by atoms with Gasteiger partial charge in [-0.05, 0) is 35.9 Å². The van der Waals surface area contributed by atoms with E-state index in [0.717, 1.165) is 5.56 Å². The molecule has 1 amide bonds. The molecule has 0 fully saturated rings. The van der Waals surface area contributed by atoms with Gasteiger partial charge >= 0.3 is 6.61 Å². The number of alkyl halides is 2. The minimum atomic E-state index is -2.96. The Bertz CT molecular complexity index is 993. The average molecular weight is 402 g/mol. The van der Waals surface area contributed by atoms with Gasteiger partial charge in [-0.1, -0.05) is 11.2 Å². The second kappa shape index (κ2) is 9.40. The van der Waals surface area contributed by atoms with Crippen molar-refractivity contribution in [1.29, 1.82) is 0 Å². The molecule has 0 radical (unpaired) electrons. The number of hydrogen-bond acceptors (Lipinski definition) is 7. The van der Waals surface area contributed by atoms with Crippen molar-refractivity contribution in [1.82, 2.24) is 20.4 Å². The molecule has 29 heavy (non-hydrogen) atoms. The summed E-state index contributed by atoms with van der Waals surface area (Å²) in [6, 6.07) is 7.80. The standard InChI is InChI=1S/C19H16F2N4O4/c1-27-15-10-12(2-4-14(15)28-19(20)21)3-5-16(26)23-11-17-24-18(25-29-17)13-6-8-22-9-7-13/h2-10,19H,11H2,1H3,(H,23,26)/b5-3+. The number of methoxy groups -OCH3 is 1. The molecule has 1 N–H and O–H groups in total. The molecule has 0 aliphatic heterocycles. The second-order valence-electron chi connectivity index (χ2n) is 5.59. The first-order valence-corrected chi connectivity index (χ1v) is 8.37. The number of pyridine rings is 1. The van der Waals surface area contributed by atoms with Crippen molar-refractivity contribution in [2.45, 2.75) is 13.2 Å². The molecule has 3 rings (SSSR count). The molecule has 2 aromatic heterocycles. The van der Waals surface area contributed by atoms with Crippen LogP contribution in [-0.4, -0.2) is 34.8 Å². The van der Waals surface area contributed by atoms with Gasteiger partial charge in [-0.3, -0.25) is 9.78 Å². The molecule has 3 aromatic rings. The lowest BCUT2D eigenvalue weighted by Gasteiger charge is -2.10. The molecule has 1 aromatic carbocycles. The van der Waals surface area contributed by atoms with Crippen molar-refractivity contribution in [3.63, 3.8) is 0 Å². The SMILES string of the molecule is COc1cc(/C=C/C(=O)NCc2nc(-c3ccncc3)no2)ccc1OC(F)F. The van der Waals surface area contributed by atoms with E-state index in [4.69, 9.17) is 9.26 Å². The normalized spacial score (nSPS) is 11.0. The number of carbonyl (C=O) groups is 1. The number of ether oxygens (including phenoxy) is 2. The number of benzene rings is 1. The van der Waals surface area contributed by atoms with E-state index in [9.17, 15) is 13.6 Å². The van der Waals surface area contributed by atoms with E-state index in [1.54, 1.807) is 24.5 Å². The maximum absolute atomic E-state index is 12.3. The van der Waals surface area contributed by atoms with Gasteiger partial charge in [0.2, 0.25) is 17.6 Å². The maximum atomic E-state index is 12.3. The fourth-order valence-electron chi connectivity index (χ4n) is 2.32. The Morgan fingerprint density at radius 2 is 2.03 bits per heavy atom. The average Bonchev–Trinajstić information content (AvgIpc) is 3.21. The van der Waals surface area contributed by atoms with E-state index in [1.165, 1.54) is 37.5 Å². The van der Waals surface area contributed by atoms with Gasteiger partial charge in [0.15, 0.2) is 11.5 Å². The van der Waals surface area contributed by atoms with Crippen LogP contribution in [0.3, 0.4) is 0 Å². The van der Waals surface area contributed by atoms with Crippen LogP contribution in [0.25, 0.3) is 17.5 Å². The number of nitrogens with zero attached hydrogens (tertiary/aromatic N) is 3. The van der Waals surface area contributed by atoms with Crippen molar-refractivity contribution >= 4 is 12.0 Å². The summed E-state index contributed by atoms with van der Waals surface area (Å²) in [5, 5.41) is 6.45. The largest absolute Gasteiger partial charge is 0.493 e. The summed E-state index contributed by atoms with van der Waals surface area (Å²) in [6.45, 7) is -2.91. The topological polar surface area (TPSA) is 99.4 Å². The van der Waals surface area contributed by atoms with Gasteiger partial charge < -0.3 is 19.3 Å². The lowest BCUT2D eigenvalue weighted by molar-refractivity contribution is -0.116. The highest BCUT2D eigenvalue weighted by atomic mass is 19.3. The molecular weight excluding hydrogens is 386 g/mol. The Balaban J connectivity index is 1.57. The van der Waals surface area contributed by atoms with Crippen molar-refractivity contribution in [3.05, 3.63) is 60.3 Å².